The van der Waals surface area contributed by atoms with Crippen molar-refractivity contribution in [3.05, 3.63) is 21.9 Å². The van der Waals surface area contributed by atoms with Crippen molar-refractivity contribution in [2.45, 2.75) is 13.8 Å². The van der Waals surface area contributed by atoms with Gasteiger partial charge >= 0.3 is 0 Å². The molecule has 0 atom stereocenters. The van der Waals surface area contributed by atoms with Crippen LogP contribution in [0, 0.1) is 13.8 Å². The fraction of sp³-hybridized carbons (Fsp3) is 0.429. The summed E-state index contributed by atoms with van der Waals surface area (Å²) in [6.07, 6.45) is 0. The Kier molecular flexibility index (Phi) is 1.66. The van der Waals surface area contributed by atoms with Crippen LogP contribution >= 0.6 is 15.9 Å². The maximum atomic E-state index is 3.46. The van der Waals surface area contributed by atoms with Crippen molar-refractivity contribution >= 4 is 15.9 Å². The van der Waals surface area contributed by atoms with Crippen molar-refractivity contribution in [1.29, 1.82) is 0 Å². The highest BCUT2D eigenvalue weighted by Crippen LogP contribution is 2.18. The Hall–Kier alpha value is -0.240. The van der Waals surface area contributed by atoms with Crippen LogP contribution in [0.3, 0.4) is 0 Å². The maximum absolute atomic E-state index is 3.46. The lowest BCUT2D eigenvalue weighted by Crippen LogP contribution is -1.88. The number of hydrogen-bond donors (Lipinski definition) is 0. The van der Waals surface area contributed by atoms with E-state index in [1.54, 1.807) is 0 Å². The van der Waals surface area contributed by atoms with Gasteiger partial charge in [0.25, 0.3) is 0 Å². The Balaban J connectivity index is 3.29. The van der Waals surface area contributed by atoms with E-state index in [0.717, 1.165) is 0 Å². The van der Waals surface area contributed by atoms with Gasteiger partial charge in [0.2, 0.25) is 0 Å². The average molecular weight is 188 g/mol. The summed E-state index contributed by atoms with van der Waals surface area (Å²) in [7, 11) is 2.05. The second-order valence-corrected chi connectivity index (χ2v) is 3.07. The largest absolute Gasteiger partial charge is 0.343 e. The molecule has 2 heteroatoms. The number of aryl methyl sites for hydroxylation is 2. The highest BCUT2D eigenvalue weighted by molar-refractivity contribution is 9.10. The lowest BCUT2D eigenvalue weighted by molar-refractivity contribution is 0.857. The SMILES string of the molecule is Cc1cc(C)n(C)c1Br. The van der Waals surface area contributed by atoms with E-state index in [2.05, 4.69) is 40.4 Å². The average Bonchev–Trinajstić information content (AvgIpc) is 1.98. The van der Waals surface area contributed by atoms with Gasteiger partial charge in [0, 0.05) is 12.7 Å². The molecule has 0 saturated heterocycles. The van der Waals surface area contributed by atoms with E-state index in [0.29, 0.717) is 0 Å². The second kappa shape index (κ2) is 2.18. The lowest BCUT2D eigenvalue weighted by Gasteiger charge is -1.95. The van der Waals surface area contributed by atoms with Crippen LogP contribution in [0.1, 0.15) is 11.3 Å². The molecular formula is C7H10BrN. The zero-order chi connectivity index (χ0) is 7.02. The first-order valence-electron chi connectivity index (χ1n) is 2.91. The van der Waals surface area contributed by atoms with Crippen LogP contribution in [0.15, 0.2) is 10.7 Å². The van der Waals surface area contributed by atoms with Crippen LogP contribution in [0.5, 0.6) is 0 Å². The molecule has 0 unspecified atom stereocenters. The summed E-state index contributed by atoms with van der Waals surface area (Å²) in [4.78, 5) is 0. The van der Waals surface area contributed by atoms with Gasteiger partial charge in [-0.2, -0.15) is 0 Å². The molecule has 0 N–H and O–H groups in total. The number of aromatic nitrogens is 1. The molecule has 1 nitrogen and oxygen atoms in total. The first-order chi connectivity index (χ1) is 4.13. The first-order valence-corrected chi connectivity index (χ1v) is 3.70. The quantitative estimate of drug-likeness (QED) is 0.589. The topological polar surface area (TPSA) is 4.93 Å². The molecular weight excluding hydrogens is 178 g/mol. The van der Waals surface area contributed by atoms with E-state index in [1.165, 1.54) is 15.9 Å². The Morgan fingerprint density at radius 1 is 1.44 bits per heavy atom. The molecule has 0 aromatic carbocycles. The first kappa shape index (κ1) is 6.87. The third-order valence-electron chi connectivity index (χ3n) is 1.57. The molecule has 0 radical (unpaired) electrons. The van der Waals surface area contributed by atoms with E-state index in [-0.39, 0.29) is 0 Å². The molecule has 9 heavy (non-hydrogen) atoms. The van der Waals surface area contributed by atoms with Crippen LogP contribution in [0.25, 0.3) is 0 Å². The van der Waals surface area contributed by atoms with Crippen LogP contribution < -0.4 is 0 Å². The van der Waals surface area contributed by atoms with E-state index in [4.69, 9.17) is 0 Å². The van der Waals surface area contributed by atoms with Crippen LogP contribution in [-0.2, 0) is 7.05 Å². The summed E-state index contributed by atoms with van der Waals surface area (Å²) in [5, 5.41) is 0. The standard InChI is InChI=1S/C7H10BrN/c1-5-4-6(2)9(3)7(5)8/h4H,1-3H3. The minimum absolute atomic E-state index is 1.18. The third-order valence-corrected chi connectivity index (χ3v) is 2.73. The van der Waals surface area contributed by atoms with Gasteiger partial charge < -0.3 is 4.57 Å². The molecule has 0 aliphatic rings. The molecule has 1 aromatic rings. The molecule has 1 aromatic heterocycles. The number of halogens is 1. The summed E-state index contributed by atoms with van der Waals surface area (Å²) in [5.74, 6) is 0. The third kappa shape index (κ3) is 1.04. The van der Waals surface area contributed by atoms with Crippen molar-refractivity contribution < 1.29 is 0 Å². The van der Waals surface area contributed by atoms with Crippen molar-refractivity contribution in [2.24, 2.45) is 7.05 Å². The minimum atomic E-state index is 1.18. The van der Waals surface area contributed by atoms with Gasteiger partial charge in [-0.15, -0.1) is 0 Å². The molecule has 1 heterocycles. The lowest BCUT2D eigenvalue weighted by atomic mass is 10.4. The van der Waals surface area contributed by atoms with Crippen molar-refractivity contribution in [3.63, 3.8) is 0 Å². The molecule has 0 aliphatic carbocycles. The molecule has 0 bridgehead atoms. The van der Waals surface area contributed by atoms with Crippen LogP contribution in [0.4, 0.5) is 0 Å². The Labute approximate surface area is 63.8 Å². The molecule has 0 saturated carbocycles. The number of nitrogens with zero attached hydrogens (tertiary/aromatic N) is 1. The highest BCUT2D eigenvalue weighted by Gasteiger charge is 2.00. The highest BCUT2D eigenvalue weighted by atomic mass is 79.9. The minimum Gasteiger partial charge on any atom is -0.343 e. The fourth-order valence-corrected chi connectivity index (χ4v) is 1.28. The predicted molar refractivity (Wildman–Crippen MR) is 42.6 cm³/mol. The van der Waals surface area contributed by atoms with E-state index >= 15 is 0 Å². The van der Waals surface area contributed by atoms with Crippen LogP contribution in [-0.4, -0.2) is 4.57 Å². The summed E-state index contributed by atoms with van der Waals surface area (Å²) < 4.78 is 3.30. The number of rotatable bonds is 0. The molecule has 0 fully saturated rings. The monoisotopic (exact) mass is 187 g/mol. The maximum Gasteiger partial charge on any atom is 0.0875 e. The van der Waals surface area contributed by atoms with Gasteiger partial charge in [-0.3, -0.25) is 0 Å². The van der Waals surface area contributed by atoms with E-state index < -0.39 is 0 Å². The van der Waals surface area contributed by atoms with Crippen molar-refractivity contribution in [3.8, 4) is 0 Å². The summed E-state index contributed by atoms with van der Waals surface area (Å²) >= 11 is 3.46. The predicted octanol–water partition coefficient (Wildman–Crippen LogP) is 2.40. The summed E-state index contributed by atoms with van der Waals surface area (Å²) in [5.41, 5.74) is 2.59. The van der Waals surface area contributed by atoms with Crippen molar-refractivity contribution in [1.82, 2.24) is 4.57 Å². The van der Waals surface area contributed by atoms with Gasteiger partial charge in [-0.05, 0) is 41.4 Å². The molecule has 0 aliphatic heterocycles. The van der Waals surface area contributed by atoms with Crippen LogP contribution in [0.2, 0.25) is 0 Å². The normalized spacial score (nSPS) is 10.2. The summed E-state index contributed by atoms with van der Waals surface area (Å²) in [6.45, 7) is 4.19. The molecule has 0 amide bonds. The fourth-order valence-electron chi connectivity index (χ4n) is 0.889. The molecule has 50 valence electrons. The van der Waals surface area contributed by atoms with Gasteiger partial charge in [-0.1, -0.05) is 0 Å². The Bertz CT molecular complexity index is 203. The van der Waals surface area contributed by atoms with E-state index in [9.17, 15) is 0 Å². The molecule has 1 rings (SSSR count). The van der Waals surface area contributed by atoms with Gasteiger partial charge in [0.1, 0.15) is 0 Å². The Morgan fingerprint density at radius 3 is 2.11 bits per heavy atom. The van der Waals surface area contributed by atoms with Crippen molar-refractivity contribution in [2.75, 3.05) is 0 Å². The zero-order valence-electron chi connectivity index (χ0n) is 5.90. The van der Waals surface area contributed by atoms with Gasteiger partial charge in [0.15, 0.2) is 0 Å². The Morgan fingerprint density at radius 2 is 2.00 bits per heavy atom. The van der Waals surface area contributed by atoms with E-state index in [1.807, 2.05) is 7.05 Å². The van der Waals surface area contributed by atoms with Gasteiger partial charge in [0.05, 0.1) is 4.60 Å². The second-order valence-electron chi connectivity index (χ2n) is 2.32. The zero-order valence-corrected chi connectivity index (χ0v) is 7.49. The number of hydrogen-bond acceptors (Lipinski definition) is 0. The van der Waals surface area contributed by atoms with Gasteiger partial charge in [-0.25, -0.2) is 0 Å². The smallest absolute Gasteiger partial charge is 0.0875 e. The molecule has 0 spiro atoms. The summed E-state index contributed by atoms with van der Waals surface area (Å²) in [6, 6.07) is 2.16.